The van der Waals surface area contributed by atoms with Crippen LogP contribution >= 0.6 is 0 Å². The highest BCUT2D eigenvalue weighted by Gasteiger charge is 2.29. The predicted molar refractivity (Wildman–Crippen MR) is 122 cm³/mol. The predicted octanol–water partition coefficient (Wildman–Crippen LogP) is 3.61. The first kappa shape index (κ1) is 23.7. The molecule has 172 valence electrons. The second kappa shape index (κ2) is 11.6. The standard InChI is InChI=1S/C23H30N2O.C2H2O4/c26-23(25-15-5-1-2-6-16-25)21-12-8-14-24(18-21)17-20-11-7-10-19-9-3-4-13-22(19)20;3-1(4)2(5)6/h3-4,7,9-11,13,21H,1-2,5-6,8,12,14-18H2;(H,3,4)(H,5,6). The first-order valence-electron chi connectivity index (χ1n) is 11.4. The molecule has 2 saturated heterocycles. The molecule has 1 atom stereocenters. The van der Waals surface area contributed by atoms with E-state index in [1.54, 1.807) is 0 Å². The van der Waals surface area contributed by atoms with E-state index in [1.165, 1.54) is 42.0 Å². The molecule has 1 amide bonds. The van der Waals surface area contributed by atoms with Crippen LogP contribution in [0.1, 0.15) is 44.1 Å². The smallest absolute Gasteiger partial charge is 0.414 e. The average molecular weight is 441 g/mol. The minimum Gasteiger partial charge on any atom is -0.473 e. The van der Waals surface area contributed by atoms with Crippen molar-refractivity contribution >= 4 is 28.6 Å². The van der Waals surface area contributed by atoms with Crippen LogP contribution < -0.4 is 0 Å². The summed E-state index contributed by atoms with van der Waals surface area (Å²) in [4.78, 5) is 35.9. The maximum atomic E-state index is 13.0. The number of amides is 1. The Balaban J connectivity index is 0.000000427. The Morgan fingerprint density at radius 3 is 2.16 bits per heavy atom. The number of aliphatic carboxylic acids is 2. The van der Waals surface area contributed by atoms with Gasteiger partial charge >= 0.3 is 11.9 Å². The van der Waals surface area contributed by atoms with Crippen LogP contribution in [-0.2, 0) is 20.9 Å². The lowest BCUT2D eigenvalue weighted by Crippen LogP contribution is -2.44. The lowest BCUT2D eigenvalue weighted by Gasteiger charge is -2.35. The number of carboxylic acid groups (broad SMARTS) is 2. The Morgan fingerprint density at radius 1 is 0.812 bits per heavy atom. The van der Waals surface area contributed by atoms with Crippen molar-refractivity contribution in [2.24, 2.45) is 5.92 Å². The Kier molecular flexibility index (Phi) is 8.62. The number of carboxylic acids is 2. The normalized spacial score (nSPS) is 19.5. The molecule has 32 heavy (non-hydrogen) atoms. The van der Waals surface area contributed by atoms with Crippen LogP contribution in [0, 0.1) is 5.92 Å². The molecule has 4 rings (SSSR count). The number of piperidine rings is 1. The molecule has 0 aliphatic carbocycles. The third kappa shape index (κ3) is 6.53. The van der Waals surface area contributed by atoms with Crippen LogP contribution in [0.2, 0.25) is 0 Å². The molecule has 1 unspecified atom stereocenters. The summed E-state index contributed by atoms with van der Waals surface area (Å²) in [5, 5.41) is 17.4. The number of hydrogen-bond acceptors (Lipinski definition) is 4. The molecule has 7 heteroatoms. The summed E-state index contributed by atoms with van der Waals surface area (Å²) in [6.45, 7) is 4.91. The monoisotopic (exact) mass is 440 g/mol. The summed E-state index contributed by atoms with van der Waals surface area (Å²) in [6.07, 6.45) is 7.11. The van der Waals surface area contributed by atoms with Gasteiger partial charge in [-0.3, -0.25) is 9.69 Å². The molecular formula is C25H32N2O5. The molecule has 2 heterocycles. The number of hydrogen-bond donors (Lipinski definition) is 2. The van der Waals surface area contributed by atoms with E-state index in [-0.39, 0.29) is 5.92 Å². The number of benzene rings is 2. The van der Waals surface area contributed by atoms with E-state index in [2.05, 4.69) is 52.3 Å². The summed E-state index contributed by atoms with van der Waals surface area (Å²) in [7, 11) is 0. The van der Waals surface area contributed by atoms with Crippen molar-refractivity contribution in [1.82, 2.24) is 9.80 Å². The van der Waals surface area contributed by atoms with Gasteiger partial charge < -0.3 is 15.1 Å². The third-order valence-corrected chi connectivity index (χ3v) is 6.23. The molecule has 7 nitrogen and oxygen atoms in total. The van der Waals surface area contributed by atoms with Gasteiger partial charge in [0, 0.05) is 26.2 Å². The summed E-state index contributed by atoms with van der Waals surface area (Å²) >= 11 is 0. The van der Waals surface area contributed by atoms with Gasteiger partial charge in [0.15, 0.2) is 0 Å². The van der Waals surface area contributed by atoms with Crippen LogP contribution in [0.15, 0.2) is 42.5 Å². The molecule has 0 saturated carbocycles. The fourth-order valence-corrected chi connectivity index (χ4v) is 4.62. The van der Waals surface area contributed by atoms with Gasteiger partial charge in [0.25, 0.3) is 0 Å². The van der Waals surface area contributed by atoms with Gasteiger partial charge in [0.05, 0.1) is 5.92 Å². The highest BCUT2D eigenvalue weighted by Crippen LogP contribution is 2.25. The zero-order valence-corrected chi connectivity index (χ0v) is 18.4. The Hall–Kier alpha value is -2.93. The van der Waals surface area contributed by atoms with Crippen LogP contribution in [0.5, 0.6) is 0 Å². The molecule has 2 fully saturated rings. The second-order valence-corrected chi connectivity index (χ2v) is 8.56. The second-order valence-electron chi connectivity index (χ2n) is 8.56. The summed E-state index contributed by atoms with van der Waals surface area (Å²) in [6, 6.07) is 15.2. The number of fused-ring (bicyclic) bond motifs is 1. The maximum absolute atomic E-state index is 13.0. The van der Waals surface area contributed by atoms with Crippen molar-refractivity contribution in [3.63, 3.8) is 0 Å². The molecular weight excluding hydrogens is 408 g/mol. The van der Waals surface area contributed by atoms with Crippen LogP contribution in [-0.4, -0.2) is 64.0 Å². The molecule has 0 radical (unpaired) electrons. The largest absolute Gasteiger partial charge is 0.473 e. The molecule has 2 aliphatic rings. The van der Waals surface area contributed by atoms with E-state index in [0.29, 0.717) is 5.91 Å². The van der Waals surface area contributed by atoms with Crippen molar-refractivity contribution in [3.05, 3.63) is 48.0 Å². The maximum Gasteiger partial charge on any atom is 0.414 e. The minimum absolute atomic E-state index is 0.192. The van der Waals surface area contributed by atoms with E-state index in [9.17, 15) is 4.79 Å². The number of carbonyl (C=O) groups excluding carboxylic acids is 1. The van der Waals surface area contributed by atoms with Gasteiger partial charge in [-0.25, -0.2) is 9.59 Å². The SMILES string of the molecule is O=C(C1CCCN(Cc2cccc3ccccc23)C1)N1CCCCCC1.O=C(O)C(=O)O. The van der Waals surface area contributed by atoms with E-state index in [4.69, 9.17) is 19.8 Å². The molecule has 2 aliphatic heterocycles. The minimum atomic E-state index is -1.82. The zero-order chi connectivity index (χ0) is 22.9. The number of likely N-dealkylation sites (tertiary alicyclic amines) is 2. The molecule has 2 N–H and O–H groups in total. The summed E-state index contributed by atoms with van der Waals surface area (Å²) < 4.78 is 0. The topological polar surface area (TPSA) is 98.2 Å². The highest BCUT2D eigenvalue weighted by molar-refractivity contribution is 6.27. The zero-order valence-electron chi connectivity index (χ0n) is 18.4. The van der Waals surface area contributed by atoms with Gasteiger partial charge in [0.2, 0.25) is 5.91 Å². The first-order chi connectivity index (χ1) is 15.5. The number of rotatable bonds is 3. The van der Waals surface area contributed by atoms with E-state index >= 15 is 0 Å². The lowest BCUT2D eigenvalue weighted by molar-refractivity contribution is -0.159. The number of nitrogens with zero attached hydrogens (tertiary/aromatic N) is 2. The van der Waals surface area contributed by atoms with Crippen LogP contribution in [0.25, 0.3) is 10.8 Å². The highest BCUT2D eigenvalue weighted by atomic mass is 16.4. The third-order valence-electron chi connectivity index (χ3n) is 6.23. The average Bonchev–Trinajstić information content (AvgIpc) is 3.09. The molecule has 0 spiro atoms. The number of carbonyl (C=O) groups is 3. The van der Waals surface area contributed by atoms with Gasteiger partial charge in [-0.1, -0.05) is 55.3 Å². The van der Waals surface area contributed by atoms with Gasteiger partial charge in [-0.15, -0.1) is 0 Å². The lowest BCUT2D eigenvalue weighted by atomic mass is 9.95. The van der Waals surface area contributed by atoms with E-state index < -0.39 is 11.9 Å². The Morgan fingerprint density at radius 2 is 1.47 bits per heavy atom. The van der Waals surface area contributed by atoms with Crippen molar-refractivity contribution in [2.45, 2.75) is 45.1 Å². The van der Waals surface area contributed by atoms with Gasteiger partial charge in [0.1, 0.15) is 0 Å². The molecule has 0 bridgehead atoms. The Labute approximate surface area is 188 Å². The van der Waals surface area contributed by atoms with Gasteiger partial charge in [-0.2, -0.15) is 0 Å². The van der Waals surface area contributed by atoms with Gasteiger partial charge in [-0.05, 0) is 48.6 Å². The first-order valence-corrected chi connectivity index (χ1v) is 11.4. The fourth-order valence-electron chi connectivity index (χ4n) is 4.62. The fraction of sp³-hybridized carbons (Fsp3) is 0.480. The Bertz CT molecular complexity index is 920. The molecule has 0 aromatic heterocycles. The van der Waals surface area contributed by atoms with Crippen molar-refractivity contribution in [3.8, 4) is 0 Å². The van der Waals surface area contributed by atoms with E-state index in [0.717, 1.165) is 45.6 Å². The van der Waals surface area contributed by atoms with E-state index in [1.807, 2.05) is 0 Å². The molecule has 2 aromatic rings. The van der Waals surface area contributed by atoms with Crippen LogP contribution in [0.3, 0.4) is 0 Å². The van der Waals surface area contributed by atoms with Crippen molar-refractivity contribution in [2.75, 3.05) is 26.2 Å². The summed E-state index contributed by atoms with van der Waals surface area (Å²) in [5.41, 5.74) is 1.38. The quantitative estimate of drug-likeness (QED) is 0.708. The van der Waals surface area contributed by atoms with Crippen LogP contribution in [0.4, 0.5) is 0 Å². The van der Waals surface area contributed by atoms with Crippen molar-refractivity contribution < 1.29 is 24.6 Å². The summed E-state index contributed by atoms with van der Waals surface area (Å²) in [5.74, 6) is -3.05. The van der Waals surface area contributed by atoms with Crippen molar-refractivity contribution in [1.29, 1.82) is 0 Å². The molecule has 2 aromatic carbocycles.